The number of carbonyl (C=O) groups is 1. The van der Waals surface area contributed by atoms with Crippen LogP contribution in [-0.2, 0) is 9.53 Å². The fourth-order valence-electron chi connectivity index (χ4n) is 3.57. The second-order valence-electron chi connectivity index (χ2n) is 6.76. The molecule has 0 spiro atoms. The Hall–Kier alpha value is -2.53. The number of nitrogens with zero attached hydrogens (tertiary/aromatic N) is 2. The lowest BCUT2D eigenvalue weighted by molar-refractivity contribution is -0.111. The summed E-state index contributed by atoms with van der Waals surface area (Å²) in [6.07, 6.45) is -0.378. The second-order valence-corrected chi connectivity index (χ2v) is 6.76. The van der Waals surface area contributed by atoms with E-state index in [-0.39, 0.29) is 11.5 Å². The van der Waals surface area contributed by atoms with Crippen molar-refractivity contribution in [1.82, 2.24) is 14.5 Å². The molecule has 0 aliphatic carbocycles. The minimum absolute atomic E-state index is 0.104. The van der Waals surface area contributed by atoms with Crippen molar-refractivity contribution in [1.29, 1.82) is 0 Å². The standard InChI is InChI=1S/C16H18N4O6/c1-6-3-9(22)17-12-10-7(6)4-20(13(10)19-15(24)18-12)14-16(2,25)11(23)8(5-21)26-14/h3-4,8,11,14,21,23,25H,5H2,1-2H3,(H2,17,18,19,22,24)/t8-,11-,14?,16?/m1/s1. The highest BCUT2D eigenvalue weighted by atomic mass is 16.6. The molecule has 10 nitrogen and oxygen atoms in total. The van der Waals surface area contributed by atoms with Crippen molar-refractivity contribution in [2.75, 3.05) is 11.9 Å². The highest BCUT2D eigenvalue weighted by Crippen LogP contribution is 2.42. The molecule has 26 heavy (non-hydrogen) atoms. The number of H-pyrrole nitrogens is 1. The molecule has 1 saturated heterocycles. The van der Waals surface area contributed by atoms with Gasteiger partial charge in [0.05, 0.1) is 12.0 Å². The Morgan fingerprint density at radius 3 is 2.81 bits per heavy atom. The van der Waals surface area contributed by atoms with Crippen LogP contribution in [0, 0.1) is 0 Å². The normalized spacial score (nSPS) is 31.0. The molecular weight excluding hydrogens is 344 g/mol. The summed E-state index contributed by atoms with van der Waals surface area (Å²) >= 11 is 0. The van der Waals surface area contributed by atoms with Gasteiger partial charge in [-0.25, -0.2) is 4.79 Å². The second kappa shape index (κ2) is 5.48. The summed E-state index contributed by atoms with van der Waals surface area (Å²) in [5, 5.41) is 33.4. The Labute approximate surface area is 146 Å². The lowest BCUT2D eigenvalue weighted by Crippen LogP contribution is -2.44. The summed E-state index contributed by atoms with van der Waals surface area (Å²) in [6, 6.07) is 0. The van der Waals surface area contributed by atoms with Gasteiger partial charge >= 0.3 is 5.69 Å². The minimum Gasteiger partial charge on any atom is -0.394 e. The number of aromatic nitrogens is 3. The number of amides is 1. The molecule has 0 saturated carbocycles. The molecule has 0 radical (unpaired) electrons. The Balaban J connectivity index is 1.99. The summed E-state index contributed by atoms with van der Waals surface area (Å²) in [6.45, 7) is 2.65. The maximum absolute atomic E-state index is 12.0. The van der Waals surface area contributed by atoms with Crippen molar-refractivity contribution in [2.24, 2.45) is 0 Å². The highest BCUT2D eigenvalue weighted by Gasteiger charge is 2.53. The Kier molecular flexibility index (Phi) is 3.57. The van der Waals surface area contributed by atoms with E-state index in [0.717, 1.165) is 0 Å². The molecular formula is C16H18N4O6. The van der Waals surface area contributed by atoms with Crippen molar-refractivity contribution in [2.45, 2.75) is 37.9 Å². The lowest BCUT2D eigenvalue weighted by Gasteiger charge is -2.27. The van der Waals surface area contributed by atoms with Gasteiger partial charge in [0.2, 0.25) is 5.91 Å². The Morgan fingerprint density at radius 2 is 2.15 bits per heavy atom. The largest absolute Gasteiger partial charge is 0.394 e. The number of carbonyl (C=O) groups excluding carboxylic acids is 1. The van der Waals surface area contributed by atoms with E-state index >= 15 is 0 Å². The third-order valence-electron chi connectivity index (χ3n) is 4.91. The molecule has 1 amide bonds. The molecule has 5 N–H and O–H groups in total. The van der Waals surface area contributed by atoms with Crippen LogP contribution in [0.15, 0.2) is 17.1 Å². The molecule has 4 atom stereocenters. The zero-order chi connectivity index (χ0) is 18.8. The van der Waals surface area contributed by atoms with Gasteiger partial charge in [0.15, 0.2) is 6.23 Å². The van der Waals surface area contributed by atoms with Crippen LogP contribution in [0.5, 0.6) is 0 Å². The molecule has 2 aromatic rings. The molecule has 10 heteroatoms. The fourth-order valence-corrected chi connectivity index (χ4v) is 3.57. The van der Waals surface area contributed by atoms with Crippen LogP contribution in [0.1, 0.15) is 25.6 Å². The number of anilines is 1. The van der Waals surface area contributed by atoms with Crippen molar-refractivity contribution < 1.29 is 24.9 Å². The average molecular weight is 362 g/mol. The van der Waals surface area contributed by atoms with Crippen LogP contribution in [0.2, 0.25) is 0 Å². The van der Waals surface area contributed by atoms with Crippen molar-refractivity contribution >= 4 is 28.3 Å². The number of rotatable bonds is 2. The maximum atomic E-state index is 12.0. The summed E-state index contributed by atoms with van der Waals surface area (Å²) in [4.78, 5) is 30.3. The third-order valence-corrected chi connectivity index (χ3v) is 4.91. The Morgan fingerprint density at radius 1 is 1.42 bits per heavy atom. The van der Waals surface area contributed by atoms with Crippen molar-refractivity contribution in [3.8, 4) is 0 Å². The number of hydrogen-bond donors (Lipinski definition) is 5. The molecule has 2 unspecified atom stereocenters. The number of aliphatic hydroxyl groups is 3. The van der Waals surface area contributed by atoms with Crippen LogP contribution in [0.3, 0.4) is 0 Å². The van der Waals surface area contributed by atoms with E-state index in [2.05, 4.69) is 15.3 Å². The predicted molar refractivity (Wildman–Crippen MR) is 90.3 cm³/mol. The molecule has 2 aromatic heterocycles. The summed E-state index contributed by atoms with van der Waals surface area (Å²) < 4.78 is 7.12. The first-order valence-electron chi connectivity index (χ1n) is 8.05. The van der Waals surface area contributed by atoms with Gasteiger partial charge in [-0.05, 0) is 19.4 Å². The minimum atomic E-state index is -1.72. The average Bonchev–Trinajstić information content (AvgIpc) is 2.99. The van der Waals surface area contributed by atoms with Crippen LogP contribution < -0.4 is 11.0 Å². The van der Waals surface area contributed by atoms with Gasteiger partial charge in [-0.15, -0.1) is 0 Å². The van der Waals surface area contributed by atoms with E-state index in [9.17, 15) is 24.9 Å². The third kappa shape index (κ3) is 2.23. The van der Waals surface area contributed by atoms with E-state index in [1.54, 1.807) is 13.1 Å². The number of nitrogens with one attached hydrogen (secondary N) is 2. The topological polar surface area (TPSA) is 150 Å². The van der Waals surface area contributed by atoms with Crippen molar-refractivity contribution in [3.05, 3.63) is 28.3 Å². The van der Waals surface area contributed by atoms with E-state index in [4.69, 9.17) is 4.74 Å². The quantitative estimate of drug-likeness (QED) is 0.464. The van der Waals surface area contributed by atoms with Crippen molar-refractivity contribution in [3.63, 3.8) is 0 Å². The SMILES string of the molecule is CC1=CC(=O)Nc2nc(=O)[nH]c3c2c1cn3C1O[C@H](CO)[C@@H](O)C1(C)O. The lowest BCUT2D eigenvalue weighted by atomic mass is 9.96. The molecule has 0 bridgehead atoms. The van der Waals surface area contributed by atoms with Gasteiger partial charge < -0.3 is 29.9 Å². The molecule has 2 aliphatic heterocycles. The first-order valence-corrected chi connectivity index (χ1v) is 8.05. The highest BCUT2D eigenvalue weighted by molar-refractivity contribution is 6.13. The molecule has 0 aromatic carbocycles. The van der Waals surface area contributed by atoms with E-state index in [1.165, 1.54) is 17.6 Å². The van der Waals surface area contributed by atoms with Crippen LogP contribution >= 0.6 is 0 Å². The smallest absolute Gasteiger partial charge is 0.348 e. The molecule has 138 valence electrons. The predicted octanol–water partition coefficient (Wildman–Crippen LogP) is -0.918. The number of allylic oxidation sites excluding steroid dienone is 1. The van der Waals surface area contributed by atoms with Gasteiger partial charge in [0.1, 0.15) is 29.3 Å². The van der Waals surface area contributed by atoms with Gasteiger partial charge in [-0.1, -0.05) is 0 Å². The Bertz CT molecular complexity index is 1000. The van der Waals surface area contributed by atoms with Crippen LogP contribution in [0.25, 0.3) is 16.6 Å². The maximum Gasteiger partial charge on any atom is 0.348 e. The van der Waals surface area contributed by atoms with Crippen LogP contribution in [-0.4, -0.2) is 60.2 Å². The fraction of sp³-hybridized carbons (Fsp3) is 0.438. The van der Waals surface area contributed by atoms with E-state index in [0.29, 0.717) is 16.5 Å². The molecule has 4 heterocycles. The molecule has 1 fully saturated rings. The first-order chi connectivity index (χ1) is 12.2. The van der Waals surface area contributed by atoms with Crippen LogP contribution in [0.4, 0.5) is 5.82 Å². The van der Waals surface area contributed by atoms with Gasteiger partial charge in [-0.3, -0.25) is 9.78 Å². The number of aromatic amines is 1. The molecule has 2 aliphatic rings. The first kappa shape index (κ1) is 16.9. The van der Waals surface area contributed by atoms with E-state index in [1.807, 2.05) is 0 Å². The van der Waals surface area contributed by atoms with Gasteiger partial charge in [0, 0.05) is 17.8 Å². The number of aliphatic hydroxyl groups excluding tert-OH is 2. The molecule has 4 rings (SSSR count). The zero-order valence-corrected chi connectivity index (χ0v) is 14.1. The summed E-state index contributed by atoms with van der Waals surface area (Å²) in [5.41, 5.74) is -0.868. The zero-order valence-electron chi connectivity index (χ0n) is 14.1. The monoisotopic (exact) mass is 362 g/mol. The summed E-state index contributed by atoms with van der Waals surface area (Å²) in [7, 11) is 0. The van der Waals surface area contributed by atoms with Gasteiger partial charge in [-0.2, -0.15) is 4.98 Å². The summed E-state index contributed by atoms with van der Waals surface area (Å²) in [5.74, 6) is -0.294. The van der Waals surface area contributed by atoms with Gasteiger partial charge in [0.25, 0.3) is 0 Å². The van der Waals surface area contributed by atoms with E-state index < -0.39 is 42.2 Å². The number of hydrogen-bond acceptors (Lipinski definition) is 7. The number of ether oxygens (including phenoxy) is 1.